The van der Waals surface area contributed by atoms with Gasteiger partial charge in [0.1, 0.15) is 5.75 Å². The number of benzene rings is 2. The molecule has 0 saturated carbocycles. The fraction of sp³-hybridized carbons (Fsp3) is 0.316. The van der Waals surface area contributed by atoms with Gasteiger partial charge in [-0.3, -0.25) is 4.79 Å². The number of sulfonamides is 1. The summed E-state index contributed by atoms with van der Waals surface area (Å²) in [6.45, 7) is 3.69. The quantitative estimate of drug-likeness (QED) is 0.769. The zero-order valence-corrected chi connectivity index (χ0v) is 16.0. The fourth-order valence-corrected chi connectivity index (χ4v) is 3.85. The molecule has 7 heteroatoms. The van der Waals surface area contributed by atoms with Crippen molar-refractivity contribution in [3.63, 3.8) is 0 Å². The van der Waals surface area contributed by atoms with Gasteiger partial charge in [0, 0.05) is 12.2 Å². The monoisotopic (exact) mass is 376 g/mol. The average Bonchev–Trinajstić information content (AvgIpc) is 2.66. The molecule has 0 atom stereocenters. The Morgan fingerprint density at radius 1 is 1.04 bits per heavy atom. The molecule has 140 valence electrons. The topological polar surface area (TPSA) is 75.7 Å². The molecule has 2 rings (SSSR count). The molecule has 1 amide bonds. The fourth-order valence-electron chi connectivity index (χ4n) is 2.45. The minimum Gasteiger partial charge on any atom is -0.497 e. The van der Waals surface area contributed by atoms with Gasteiger partial charge in [-0.1, -0.05) is 26.0 Å². The summed E-state index contributed by atoms with van der Waals surface area (Å²) in [6.07, 6.45) is 0.915. The van der Waals surface area contributed by atoms with E-state index < -0.39 is 10.0 Å². The first kappa shape index (κ1) is 19.9. The minimum atomic E-state index is -3.76. The standard InChI is InChI=1S/C19H24N2O4S/c1-4-15-6-8-16(9-7-15)20-19(22)14-21(5-2)26(23,24)18-12-10-17(25-3)11-13-18/h6-13H,4-5,14H2,1-3H3,(H,20,22). The maximum atomic E-state index is 12.7. The summed E-state index contributed by atoms with van der Waals surface area (Å²) in [6, 6.07) is 13.6. The van der Waals surface area contributed by atoms with E-state index in [-0.39, 0.29) is 23.9 Å². The van der Waals surface area contributed by atoms with Crippen molar-refractivity contribution in [2.45, 2.75) is 25.2 Å². The number of amides is 1. The summed E-state index contributed by atoms with van der Waals surface area (Å²) < 4.78 is 31.7. The van der Waals surface area contributed by atoms with Crippen LogP contribution in [0.15, 0.2) is 53.4 Å². The Morgan fingerprint density at radius 2 is 1.65 bits per heavy atom. The number of likely N-dealkylation sites (N-methyl/N-ethyl adjacent to an activating group) is 1. The van der Waals surface area contributed by atoms with E-state index in [4.69, 9.17) is 4.74 Å². The molecule has 0 unspecified atom stereocenters. The number of nitrogens with zero attached hydrogens (tertiary/aromatic N) is 1. The normalized spacial score (nSPS) is 11.4. The van der Waals surface area contributed by atoms with E-state index in [1.807, 2.05) is 24.3 Å². The Labute approximate surface area is 154 Å². The number of hydrogen-bond acceptors (Lipinski definition) is 4. The molecule has 26 heavy (non-hydrogen) atoms. The van der Waals surface area contributed by atoms with Crippen LogP contribution in [0.4, 0.5) is 5.69 Å². The number of rotatable bonds is 8. The Morgan fingerprint density at radius 3 is 2.15 bits per heavy atom. The number of ether oxygens (including phenoxy) is 1. The second-order valence-corrected chi connectivity index (χ2v) is 7.64. The molecule has 2 aromatic carbocycles. The molecule has 0 saturated heterocycles. The van der Waals surface area contributed by atoms with Gasteiger partial charge < -0.3 is 10.1 Å². The molecule has 0 aliphatic rings. The lowest BCUT2D eigenvalue weighted by atomic mass is 10.1. The Balaban J connectivity index is 2.09. The molecule has 0 aliphatic heterocycles. The lowest BCUT2D eigenvalue weighted by Crippen LogP contribution is -2.37. The van der Waals surface area contributed by atoms with E-state index in [0.717, 1.165) is 10.7 Å². The molecule has 0 aliphatic carbocycles. The highest BCUT2D eigenvalue weighted by Gasteiger charge is 2.25. The average molecular weight is 376 g/mol. The van der Waals surface area contributed by atoms with E-state index in [1.165, 1.54) is 24.8 Å². The van der Waals surface area contributed by atoms with Crippen molar-refractivity contribution in [3.8, 4) is 5.75 Å². The van der Waals surface area contributed by atoms with Crippen molar-refractivity contribution in [1.82, 2.24) is 4.31 Å². The van der Waals surface area contributed by atoms with Gasteiger partial charge in [0.25, 0.3) is 0 Å². The Kier molecular flexibility index (Phi) is 6.76. The molecule has 2 aromatic rings. The number of hydrogen-bond donors (Lipinski definition) is 1. The van der Waals surface area contributed by atoms with Crippen molar-refractivity contribution in [1.29, 1.82) is 0 Å². The minimum absolute atomic E-state index is 0.125. The van der Waals surface area contributed by atoms with Crippen molar-refractivity contribution < 1.29 is 17.9 Å². The van der Waals surface area contributed by atoms with Crippen molar-refractivity contribution in [2.24, 2.45) is 0 Å². The number of nitrogens with one attached hydrogen (secondary N) is 1. The van der Waals surface area contributed by atoms with Crippen molar-refractivity contribution >= 4 is 21.6 Å². The highest BCUT2D eigenvalue weighted by Crippen LogP contribution is 2.19. The van der Waals surface area contributed by atoms with E-state index in [2.05, 4.69) is 12.2 Å². The van der Waals surface area contributed by atoms with Crippen LogP contribution in [0.25, 0.3) is 0 Å². The first-order valence-corrected chi connectivity index (χ1v) is 9.87. The van der Waals surface area contributed by atoms with Crippen LogP contribution in [0.2, 0.25) is 0 Å². The van der Waals surface area contributed by atoms with Crippen LogP contribution in [-0.4, -0.2) is 38.8 Å². The maximum absolute atomic E-state index is 12.7. The predicted molar refractivity (Wildman–Crippen MR) is 102 cm³/mol. The van der Waals surface area contributed by atoms with Gasteiger partial charge in [-0.2, -0.15) is 4.31 Å². The van der Waals surface area contributed by atoms with Gasteiger partial charge in [0.15, 0.2) is 0 Å². The van der Waals surface area contributed by atoms with E-state index >= 15 is 0 Å². The maximum Gasteiger partial charge on any atom is 0.243 e. The van der Waals surface area contributed by atoms with Crippen LogP contribution < -0.4 is 10.1 Å². The smallest absolute Gasteiger partial charge is 0.243 e. The van der Waals surface area contributed by atoms with Crippen LogP contribution in [0, 0.1) is 0 Å². The van der Waals surface area contributed by atoms with Crippen molar-refractivity contribution in [3.05, 3.63) is 54.1 Å². The molecule has 0 radical (unpaired) electrons. The molecule has 0 aromatic heterocycles. The van der Waals surface area contributed by atoms with Gasteiger partial charge in [-0.05, 0) is 48.4 Å². The van der Waals surface area contributed by atoms with Gasteiger partial charge >= 0.3 is 0 Å². The van der Waals surface area contributed by atoms with Crippen LogP contribution in [0.1, 0.15) is 19.4 Å². The third-order valence-corrected chi connectivity index (χ3v) is 5.95. The zero-order valence-electron chi connectivity index (χ0n) is 15.2. The third kappa shape index (κ3) is 4.83. The zero-order chi connectivity index (χ0) is 19.2. The summed E-state index contributed by atoms with van der Waals surface area (Å²) in [5.74, 6) is 0.188. The molecule has 6 nitrogen and oxygen atoms in total. The van der Waals surface area contributed by atoms with E-state index in [0.29, 0.717) is 11.4 Å². The Bertz CT molecular complexity index is 831. The molecular weight excluding hydrogens is 352 g/mol. The number of aryl methyl sites for hydroxylation is 1. The highest BCUT2D eigenvalue weighted by atomic mass is 32.2. The van der Waals surface area contributed by atoms with E-state index in [9.17, 15) is 13.2 Å². The van der Waals surface area contributed by atoms with Gasteiger partial charge in [-0.25, -0.2) is 8.42 Å². The van der Waals surface area contributed by atoms with Crippen LogP contribution in [0.3, 0.4) is 0 Å². The second-order valence-electron chi connectivity index (χ2n) is 5.71. The van der Waals surface area contributed by atoms with Gasteiger partial charge in [-0.15, -0.1) is 0 Å². The number of methoxy groups -OCH3 is 1. The molecule has 1 N–H and O–H groups in total. The molecule has 0 bridgehead atoms. The van der Waals surface area contributed by atoms with Crippen LogP contribution in [-0.2, 0) is 21.2 Å². The molecule has 0 spiro atoms. The number of carbonyl (C=O) groups is 1. The third-order valence-electron chi connectivity index (χ3n) is 4.02. The van der Waals surface area contributed by atoms with Crippen LogP contribution in [0.5, 0.6) is 5.75 Å². The predicted octanol–water partition coefficient (Wildman–Crippen LogP) is 2.91. The summed E-state index contributed by atoms with van der Waals surface area (Å²) in [7, 11) is -2.24. The Hall–Kier alpha value is -2.38. The SMILES string of the molecule is CCc1ccc(NC(=O)CN(CC)S(=O)(=O)c2ccc(OC)cc2)cc1. The summed E-state index contributed by atoms with van der Waals surface area (Å²) in [5.41, 5.74) is 1.81. The van der Waals surface area contributed by atoms with E-state index in [1.54, 1.807) is 19.1 Å². The highest BCUT2D eigenvalue weighted by molar-refractivity contribution is 7.89. The van der Waals surface area contributed by atoms with Gasteiger partial charge in [0.05, 0.1) is 18.6 Å². The largest absolute Gasteiger partial charge is 0.497 e. The van der Waals surface area contributed by atoms with Gasteiger partial charge in [0.2, 0.25) is 15.9 Å². The summed E-state index contributed by atoms with van der Waals surface area (Å²) >= 11 is 0. The summed E-state index contributed by atoms with van der Waals surface area (Å²) in [5, 5.41) is 2.73. The first-order chi connectivity index (χ1) is 12.4. The van der Waals surface area contributed by atoms with Crippen molar-refractivity contribution in [2.75, 3.05) is 25.5 Å². The lowest BCUT2D eigenvalue weighted by Gasteiger charge is -2.20. The first-order valence-electron chi connectivity index (χ1n) is 8.43. The lowest BCUT2D eigenvalue weighted by molar-refractivity contribution is -0.116. The number of carbonyl (C=O) groups excluding carboxylic acids is 1. The molecular formula is C19H24N2O4S. The summed E-state index contributed by atoms with van der Waals surface area (Å²) in [4.78, 5) is 12.4. The number of anilines is 1. The molecule has 0 heterocycles. The molecule has 0 fully saturated rings. The second kappa shape index (κ2) is 8.82. The van der Waals surface area contributed by atoms with Crippen LogP contribution >= 0.6 is 0 Å².